The van der Waals surface area contributed by atoms with Crippen molar-refractivity contribution in [3.8, 4) is 0 Å². The van der Waals surface area contributed by atoms with E-state index in [0.717, 1.165) is 0 Å². The van der Waals surface area contributed by atoms with Crippen LogP contribution >= 0.6 is 0 Å². The molecule has 0 unspecified atom stereocenters. The summed E-state index contributed by atoms with van der Waals surface area (Å²) in [6, 6.07) is -3.81. The molecule has 0 aromatic rings. The molecule has 0 spiro atoms. The number of esters is 1. The number of allylic oxidation sites excluding steroid dienone is 1. The van der Waals surface area contributed by atoms with Gasteiger partial charge in [-0.15, -0.1) is 0 Å². The number of rotatable bonds is 8. The summed E-state index contributed by atoms with van der Waals surface area (Å²) in [6.45, 7) is 3.23. The monoisotopic (exact) mass is 516 g/mol. The van der Waals surface area contributed by atoms with Crippen LogP contribution < -0.4 is 0 Å². The van der Waals surface area contributed by atoms with E-state index >= 15 is 0 Å². The fourth-order valence-electron chi connectivity index (χ4n) is 1.44. The number of carbonyl (C=O) groups excluding carboxylic acids is 1. The molecule has 0 N–H and O–H groups in total. The van der Waals surface area contributed by atoms with Gasteiger partial charge in [0.1, 0.15) is 0 Å². The molecule has 0 aliphatic heterocycles. The highest BCUT2D eigenvalue weighted by Gasteiger charge is 2.93. The van der Waals surface area contributed by atoms with Crippen LogP contribution in [-0.2, 0) is 9.53 Å². The Morgan fingerprint density at radius 2 is 0.938 bits per heavy atom. The predicted octanol–water partition coefficient (Wildman–Crippen LogP) is 6.59. The van der Waals surface area contributed by atoms with Gasteiger partial charge in [-0.1, -0.05) is 6.58 Å². The quantitative estimate of drug-likeness (QED) is 0.158. The Bertz CT molecular complexity index is 789. The van der Waals surface area contributed by atoms with Gasteiger partial charge in [-0.05, 0) is 6.92 Å². The van der Waals surface area contributed by atoms with Gasteiger partial charge in [0.15, 0.2) is 0 Å². The smallest absolute Gasteiger partial charge is 0.393 e. The van der Waals surface area contributed by atoms with E-state index in [1.807, 2.05) is 0 Å². The number of halogens is 17. The first kappa shape index (κ1) is 29.8. The van der Waals surface area contributed by atoms with Gasteiger partial charge in [-0.2, -0.15) is 74.6 Å². The van der Waals surface area contributed by atoms with Crippen molar-refractivity contribution in [2.24, 2.45) is 0 Å². The van der Waals surface area contributed by atoms with Crippen LogP contribution in [0, 0.1) is 0 Å². The van der Waals surface area contributed by atoms with Gasteiger partial charge in [0.05, 0.1) is 0 Å². The molecular weight excluding hydrogens is 511 g/mol. The van der Waals surface area contributed by atoms with Crippen molar-refractivity contribution in [3.63, 3.8) is 0 Å². The molecule has 0 aromatic carbocycles. The van der Waals surface area contributed by atoms with Crippen molar-refractivity contribution in [1.82, 2.24) is 0 Å². The summed E-state index contributed by atoms with van der Waals surface area (Å²) < 4.78 is 222. The summed E-state index contributed by atoms with van der Waals surface area (Å²) in [7, 11) is 0. The van der Waals surface area contributed by atoms with E-state index in [9.17, 15) is 79.4 Å². The van der Waals surface area contributed by atoms with Crippen molar-refractivity contribution in [2.45, 2.75) is 48.6 Å². The summed E-state index contributed by atoms with van der Waals surface area (Å²) in [6.07, 6.45) is -7.80. The van der Waals surface area contributed by atoms with E-state index in [1.165, 1.54) is 0 Å². The van der Waals surface area contributed by atoms with Crippen molar-refractivity contribution in [1.29, 1.82) is 0 Å². The van der Waals surface area contributed by atoms with Crippen molar-refractivity contribution >= 4 is 5.97 Å². The highest BCUT2D eigenvalue weighted by Crippen LogP contribution is 2.63. The molecule has 0 saturated heterocycles. The van der Waals surface area contributed by atoms with Crippen LogP contribution in [0.3, 0.4) is 0 Å². The SMILES string of the molecule is C=C(C)C(=O)OC(F)=C(F)C(F)(F)C(F)(F)C(F)(F)C(F)(F)C(F)(F)C(F)(F)C(F)(F)F. The summed E-state index contributed by atoms with van der Waals surface area (Å²) >= 11 is 0. The lowest BCUT2D eigenvalue weighted by Gasteiger charge is -2.41. The van der Waals surface area contributed by atoms with Crippen LogP contribution in [-0.4, -0.2) is 47.7 Å². The summed E-state index contributed by atoms with van der Waals surface area (Å²) in [5.41, 5.74) is -0.978. The molecule has 0 atom stereocenters. The molecule has 0 heterocycles. The third-order valence-corrected chi connectivity index (χ3v) is 3.31. The molecule has 0 rings (SSSR count). The van der Waals surface area contributed by atoms with Crippen LogP contribution in [0.4, 0.5) is 74.6 Å². The number of carbonyl (C=O) groups is 1. The molecule has 0 amide bonds. The molecule has 0 aliphatic rings. The molecule has 2 nitrogen and oxygen atoms in total. The zero-order chi connectivity index (χ0) is 26.5. The molecule has 0 aromatic heterocycles. The first-order chi connectivity index (χ1) is 13.7. The van der Waals surface area contributed by atoms with Crippen LogP contribution in [0.5, 0.6) is 0 Å². The Morgan fingerprint density at radius 3 is 1.25 bits per heavy atom. The number of hydrogen-bond donors (Lipinski definition) is 0. The molecule has 32 heavy (non-hydrogen) atoms. The Morgan fingerprint density at radius 1 is 0.625 bits per heavy atom. The maximum absolute atomic E-state index is 13.4. The van der Waals surface area contributed by atoms with Gasteiger partial charge in [0.25, 0.3) is 0 Å². The van der Waals surface area contributed by atoms with E-state index in [4.69, 9.17) is 0 Å². The molecule has 188 valence electrons. The highest BCUT2D eigenvalue weighted by atomic mass is 19.4. The zero-order valence-electron chi connectivity index (χ0n) is 14.4. The second-order valence-electron chi connectivity index (χ2n) is 5.70. The van der Waals surface area contributed by atoms with Crippen LogP contribution in [0.25, 0.3) is 0 Å². The largest absolute Gasteiger partial charge is 0.460 e. The third kappa shape index (κ3) is 4.08. The molecule has 19 heteroatoms. The Kier molecular flexibility index (Phi) is 7.40. The topological polar surface area (TPSA) is 26.3 Å². The lowest BCUT2D eigenvalue weighted by molar-refractivity contribution is -0.451. The maximum Gasteiger partial charge on any atom is 0.460 e. The second-order valence-corrected chi connectivity index (χ2v) is 5.70. The van der Waals surface area contributed by atoms with E-state index in [1.54, 1.807) is 0 Å². The molecule has 0 radical (unpaired) electrons. The first-order valence-electron chi connectivity index (χ1n) is 6.93. The van der Waals surface area contributed by atoms with Gasteiger partial charge in [-0.25, -0.2) is 4.79 Å². The van der Waals surface area contributed by atoms with E-state index in [-0.39, 0.29) is 0 Å². The van der Waals surface area contributed by atoms with Crippen molar-refractivity contribution in [3.05, 3.63) is 24.0 Å². The van der Waals surface area contributed by atoms with E-state index in [0.29, 0.717) is 6.92 Å². The zero-order valence-corrected chi connectivity index (χ0v) is 14.4. The number of ether oxygens (including phenoxy) is 1. The van der Waals surface area contributed by atoms with E-state index < -0.39 is 65.1 Å². The van der Waals surface area contributed by atoms with Gasteiger partial charge in [0, 0.05) is 5.57 Å². The summed E-state index contributed by atoms with van der Waals surface area (Å²) in [4.78, 5) is 10.8. The Labute approximate surface area is 164 Å². The minimum Gasteiger partial charge on any atom is -0.393 e. The molecule has 0 fully saturated rings. The molecule has 0 bridgehead atoms. The minimum atomic E-state index is -8.67. The van der Waals surface area contributed by atoms with Crippen LogP contribution in [0.2, 0.25) is 0 Å². The van der Waals surface area contributed by atoms with Crippen molar-refractivity contribution < 1.29 is 84.2 Å². The summed E-state index contributed by atoms with van der Waals surface area (Å²) in [5, 5.41) is 0. The lowest BCUT2D eigenvalue weighted by atomic mass is 9.91. The fourth-order valence-corrected chi connectivity index (χ4v) is 1.44. The Hall–Kier alpha value is -2.24. The average Bonchev–Trinajstić information content (AvgIpc) is 2.58. The molecule has 0 aliphatic carbocycles. The fraction of sp³-hybridized carbons (Fsp3) is 0.615. The molecular formula is C13H5F17O2. The average molecular weight is 516 g/mol. The normalized spacial score (nSPS) is 15.9. The summed E-state index contributed by atoms with van der Waals surface area (Å²) in [5.74, 6) is -56.9. The van der Waals surface area contributed by atoms with Gasteiger partial charge < -0.3 is 4.74 Å². The lowest BCUT2D eigenvalue weighted by Crippen LogP contribution is -2.72. The molecule has 0 saturated carbocycles. The third-order valence-electron chi connectivity index (χ3n) is 3.31. The first-order valence-corrected chi connectivity index (χ1v) is 6.93. The Balaban J connectivity index is 6.72. The van der Waals surface area contributed by atoms with Crippen LogP contribution in [0.15, 0.2) is 24.0 Å². The standard InChI is InChI=1S/C13H5F17O2/c1-3(2)6(31)32-5(15)4(14)7(16,17)8(18,19)9(20,21)10(22,23)11(24,25)12(26,27)13(28,29)30/h1H2,2H3. The van der Waals surface area contributed by atoms with Gasteiger partial charge in [0.2, 0.25) is 5.83 Å². The van der Waals surface area contributed by atoms with Crippen LogP contribution in [0.1, 0.15) is 6.92 Å². The van der Waals surface area contributed by atoms with Gasteiger partial charge >= 0.3 is 53.7 Å². The predicted molar refractivity (Wildman–Crippen MR) is 65.9 cm³/mol. The number of alkyl halides is 15. The highest BCUT2D eigenvalue weighted by molar-refractivity contribution is 5.87. The second kappa shape index (κ2) is 7.96. The van der Waals surface area contributed by atoms with Crippen molar-refractivity contribution in [2.75, 3.05) is 0 Å². The maximum atomic E-state index is 13.4. The van der Waals surface area contributed by atoms with Gasteiger partial charge in [-0.3, -0.25) is 0 Å². The number of hydrogen-bond acceptors (Lipinski definition) is 2. The minimum absolute atomic E-state index is 0.595. The van der Waals surface area contributed by atoms with E-state index in [2.05, 4.69) is 11.3 Å².